The third kappa shape index (κ3) is 2.65. The van der Waals surface area contributed by atoms with Crippen molar-refractivity contribution in [2.75, 3.05) is 0 Å². The summed E-state index contributed by atoms with van der Waals surface area (Å²) in [4.78, 5) is 18.6. The Labute approximate surface area is 112 Å². The highest BCUT2D eigenvalue weighted by atomic mass is 79.9. The van der Waals surface area contributed by atoms with E-state index in [1.807, 2.05) is 19.1 Å². The van der Waals surface area contributed by atoms with Gasteiger partial charge in [-0.1, -0.05) is 22.0 Å². The molecule has 0 aliphatic carbocycles. The summed E-state index contributed by atoms with van der Waals surface area (Å²) in [7, 11) is 0. The topological polar surface area (TPSA) is 72.3 Å². The number of rotatable bonds is 3. The first-order valence-corrected chi connectivity index (χ1v) is 5.85. The smallest absolute Gasteiger partial charge is 0.360 e. The molecule has 0 saturated heterocycles. The Morgan fingerprint density at radius 3 is 2.78 bits per heavy atom. The predicted molar refractivity (Wildman–Crippen MR) is 67.9 cm³/mol. The van der Waals surface area contributed by atoms with E-state index in [1.54, 1.807) is 6.07 Å². The number of benzene rings is 1. The quantitative estimate of drug-likeness (QED) is 0.943. The molecule has 1 aromatic heterocycles. The van der Waals surface area contributed by atoms with Crippen LogP contribution in [0.3, 0.4) is 0 Å². The molecule has 0 bridgehead atoms. The zero-order chi connectivity index (χ0) is 13.1. The van der Waals surface area contributed by atoms with Gasteiger partial charge in [0.15, 0.2) is 0 Å². The highest BCUT2D eigenvalue weighted by Crippen LogP contribution is 2.28. The number of carboxylic acids is 1. The summed E-state index contributed by atoms with van der Waals surface area (Å²) in [5, 5.41) is 8.98. The van der Waals surface area contributed by atoms with Crippen LogP contribution in [0.5, 0.6) is 11.6 Å². The molecule has 0 amide bonds. The van der Waals surface area contributed by atoms with Crippen molar-refractivity contribution < 1.29 is 14.6 Å². The second-order valence-electron chi connectivity index (χ2n) is 3.53. The number of aromatic carboxylic acids is 1. The fourth-order valence-corrected chi connectivity index (χ4v) is 1.67. The van der Waals surface area contributed by atoms with Crippen molar-refractivity contribution in [3.63, 3.8) is 0 Å². The van der Waals surface area contributed by atoms with Crippen LogP contribution >= 0.6 is 15.9 Å². The maximum atomic E-state index is 11.0. The predicted octanol–water partition coefficient (Wildman–Crippen LogP) is 3.04. The molecule has 0 radical (unpaired) electrons. The van der Waals surface area contributed by atoms with Gasteiger partial charge in [-0.05, 0) is 24.6 Å². The van der Waals surface area contributed by atoms with E-state index < -0.39 is 5.97 Å². The highest BCUT2D eigenvalue weighted by molar-refractivity contribution is 9.10. The number of aromatic nitrogens is 2. The van der Waals surface area contributed by atoms with Crippen LogP contribution in [0.2, 0.25) is 0 Å². The summed E-state index contributed by atoms with van der Waals surface area (Å²) in [6, 6.07) is 5.48. The zero-order valence-electron chi connectivity index (χ0n) is 9.42. The molecule has 92 valence electrons. The molecule has 18 heavy (non-hydrogen) atoms. The second kappa shape index (κ2) is 5.14. The van der Waals surface area contributed by atoms with Gasteiger partial charge in [-0.15, -0.1) is 0 Å². The Balaban J connectivity index is 2.40. The third-order valence-corrected chi connectivity index (χ3v) is 2.72. The highest BCUT2D eigenvalue weighted by Gasteiger charge is 2.15. The Bertz CT molecular complexity index is 602. The molecule has 1 aromatic carbocycles. The molecular formula is C12H9BrN2O3. The lowest BCUT2D eigenvalue weighted by atomic mass is 10.2. The SMILES string of the molecule is Cc1ccc(Br)cc1Oc1nccnc1C(=O)O. The Morgan fingerprint density at radius 2 is 2.06 bits per heavy atom. The number of ether oxygens (including phenoxy) is 1. The van der Waals surface area contributed by atoms with Crippen LogP contribution in [0.15, 0.2) is 35.1 Å². The summed E-state index contributed by atoms with van der Waals surface area (Å²) >= 11 is 3.32. The fourth-order valence-electron chi connectivity index (χ4n) is 1.33. The van der Waals surface area contributed by atoms with Crippen LogP contribution in [-0.2, 0) is 0 Å². The molecule has 1 N–H and O–H groups in total. The molecule has 0 spiro atoms. The van der Waals surface area contributed by atoms with Crippen molar-refractivity contribution in [3.8, 4) is 11.6 Å². The maximum Gasteiger partial charge on any atom is 0.360 e. The number of aryl methyl sites for hydroxylation is 1. The van der Waals surface area contributed by atoms with Crippen LogP contribution in [0.4, 0.5) is 0 Å². The normalized spacial score (nSPS) is 10.1. The number of carboxylic acid groups (broad SMARTS) is 1. The summed E-state index contributed by atoms with van der Waals surface area (Å²) in [5.41, 5.74) is 0.664. The number of hydrogen-bond donors (Lipinski definition) is 1. The Hall–Kier alpha value is -1.95. The van der Waals surface area contributed by atoms with Gasteiger partial charge in [-0.2, -0.15) is 0 Å². The second-order valence-corrected chi connectivity index (χ2v) is 4.44. The van der Waals surface area contributed by atoms with Crippen molar-refractivity contribution in [1.82, 2.24) is 9.97 Å². The van der Waals surface area contributed by atoms with Crippen LogP contribution < -0.4 is 4.74 Å². The van der Waals surface area contributed by atoms with Crippen molar-refractivity contribution in [2.45, 2.75) is 6.92 Å². The van der Waals surface area contributed by atoms with Crippen LogP contribution in [0.25, 0.3) is 0 Å². The summed E-state index contributed by atoms with van der Waals surface area (Å²) in [6.45, 7) is 1.86. The molecular weight excluding hydrogens is 300 g/mol. The molecule has 6 heteroatoms. The number of hydrogen-bond acceptors (Lipinski definition) is 4. The molecule has 0 fully saturated rings. The van der Waals surface area contributed by atoms with Gasteiger partial charge in [-0.25, -0.2) is 14.8 Å². The van der Waals surface area contributed by atoms with E-state index in [2.05, 4.69) is 25.9 Å². The van der Waals surface area contributed by atoms with Gasteiger partial charge in [0.05, 0.1) is 0 Å². The van der Waals surface area contributed by atoms with Crippen LogP contribution in [0, 0.1) is 6.92 Å². The molecule has 0 unspecified atom stereocenters. The standard InChI is InChI=1S/C12H9BrN2O3/c1-7-2-3-8(13)6-9(7)18-11-10(12(16)17)14-4-5-15-11/h2-6H,1H3,(H,16,17). The average Bonchev–Trinajstić information content (AvgIpc) is 2.34. The minimum Gasteiger partial charge on any atom is -0.476 e. The monoisotopic (exact) mass is 308 g/mol. The minimum atomic E-state index is -1.18. The van der Waals surface area contributed by atoms with Gasteiger partial charge in [0.2, 0.25) is 5.69 Å². The lowest BCUT2D eigenvalue weighted by Gasteiger charge is -2.09. The fraction of sp³-hybridized carbons (Fsp3) is 0.0833. The summed E-state index contributed by atoms with van der Waals surface area (Å²) in [5.74, 6) is -0.663. The first-order chi connectivity index (χ1) is 8.58. The van der Waals surface area contributed by atoms with Gasteiger partial charge >= 0.3 is 5.97 Å². The molecule has 0 aliphatic heterocycles. The van der Waals surface area contributed by atoms with Gasteiger partial charge in [0.1, 0.15) is 5.75 Å². The van der Waals surface area contributed by atoms with Gasteiger partial charge < -0.3 is 9.84 Å². The van der Waals surface area contributed by atoms with Crippen molar-refractivity contribution in [2.24, 2.45) is 0 Å². The molecule has 2 rings (SSSR count). The average molecular weight is 309 g/mol. The van der Waals surface area contributed by atoms with Gasteiger partial charge in [0, 0.05) is 16.9 Å². The molecule has 0 saturated carbocycles. The lowest BCUT2D eigenvalue weighted by molar-refractivity contribution is 0.0686. The molecule has 5 nitrogen and oxygen atoms in total. The summed E-state index contributed by atoms with van der Waals surface area (Å²) < 4.78 is 6.33. The van der Waals surface area contributed by atoms with E-state index in [-0.39, 0.29) is 11.6 Å². The Kier molecular flexibility index (Phi) is 3.57. The van der Waals surface area contributed by atoms with Crippen LogP contribution in [0.1, 0.15) is 16.1 Å². The maximum absolute atomic E-state index is 11.0. The molecule has 0 atom stereocenters. The van der Waals surface area contributed by atoms with Gasteiger partial charge in [0.25, 0.3) is 5.88 Å². The van der Waals surface area contributed by atoms with E-state index in [1.165, 1.54) is 12.4 Å². The summed E-state index contributed by atoms with van der Waals surface area (Å²) in [6.07, 6.45) is 2.69. The lowest BCUT2D eigenvalue weighted by Crippen LogP contribution is -2.05. The van der Waals surface area contributed by atoms with Crippen LogP contribution in [-0.4, -0.2) is 21.0 Å². The van der Waals surface area contributed by atoms with Crippen molar-refractivity contribution in [1.29, 1.82) is 0 Å². The Morgan fingerprint density at radius 1 is 1.33 bits per heavy atom. The van der Waals surface area contributed by atoms with E-state index in [9.17, 15) is 4.79 Å². The molecule has 1 heterocycles. The van der Waals surface area contributed by atoms with E-state index in [0.29, 0.717) is 5.75 Å². The molecule has 2 aromatic rings. The number of carbonyl (C=O) groups is 1. The van der Waals surface area contributed by atoms with Crippen molar-refractivity contribution in [3.05, 3.63) is 46.3 Å². The van der Waals surface area contributed by atoms with Crippen molar-refractivity contribution >= 4 is 21.9 Å². The largest absolute Gasteiger partial charge is 0.476 e. The minimum absolute atomic E-state index is 0.0220. The van der Waals surface area contributed by atoms with Gasteiger partial charge in [-0.3, -0.25) is 0 Å². The van der Waals surface area contributed by atoms with E-state index in [4.69, 9.17) is 9.84 Å². The first-order valence-electron chi connectivity index (χ1n) is 5.06. The first kappa shape index (κ1) is 12.5. The third-order valence-electron chi connectivity index (χ3n) is 2.22. The van der Waals surface area contributed by atoms with E-state index >= 15 is 0 Å². The number of halogens is 1. The zero-order valence-corrected chi connectivity index (χ0v) is 11.0. The number of nitrogens with zero attached hydrogens (tertiary/aromatic N) is 2. The molecule has 0 aliphatic rings. The van der Waals surface area contributed by atoms with E-state index in [0.717, 1.165) is 10.0 Å².